The Balaban J connectivity index is 2.42. The molecule has 0 aromatic heterocycles. The molecule has 2 rings (SSSR count). The van der Waals surface area contributed by atoms with E-state index < -0.39 is 17.5 Å². The number of benzene rings is 2. The highest BCUT2D eigenvalue weighted by Gasteiger charge is 2.19. The second kappa shape index (κ2) is 7.50. The standard InChI is InChI=1S/C18H18Cl2O5/c1-18(2,3)25-15(21)9-24-14-7-11(17(22)23-4)5-10-6-12(19)8-13(20)16(10)14/h5-8H,9H2,1-4H3. The van der Waals surface area contributed by atoms with Crippen LogP contribution in [-0.4, -0.2) is 31.3 Å². The number of carbonyl (C=O) groups is 2. The van der Waals surface area contributed by atoms with Gasteiger partial charge in [0.15, 0.2) is 6.61 Å². The molecule has 2 aromatic carbocycles. The van der Waals surface area contributed by atoms with E-state index in [1.807, 2.05) is 0 Å². The van der Waals surface area contributed by atoms with Crippen molar-refractivity contribution in [2.45, 2.75) is 26.4 Å². The third-order valence-corrected chi connectivity index (χ3v) is 3.63. The summed E-state index contributed by atoms with van der Waals surface area (Å²) in [6, 6.07) is 6.27. The zero-order chi connectivity index (χ0) is 18.8. The van der Waals surface area contributed by atoms with Crippen LogP contribution in [0.25, 0.3) is 10.8 Å². The number of halogens is 2. The van der Waals surface area contributed by atoms with Crippen molar-refractivity contribution in [2.24, 2.45) is 0 Å². The number of rotatable bonds is 4. The highest BCUT2D eigenvalue weighted by molar-refractivity contribution is 6.39. The van der Waals surface area contributed by atoms with Crippen LogP contribution < -0.4 is 4.74 Å². The van der Waals surface area contributed by atoms with E-state index in [1.165, 1.54) is 13.2 Å². The van der Waals surface area contributed by atoms with Gasteiger partial charge >= 0.3 is 11.9 Å². The van der Waals surface area contributed by atoms with Crippen LogP contribution in [0.1, 0.15) is 31.1 Å². The highest BCUT2D eigenvalue weighted by Crippen LogP contribution is 2.36. The zero-order valence-corrected chi connectivity index (χ0v) is 15.8. The second-order valence-electron chi connectivity index (χ2n) is 6.33. The fraction of sp³-hybridized carbons (Fsp3) is 0.333. The lowest BCUT2D eigenvalue weighted by Gasteiger charge is -2.20. The van der Waals surface area contributed by atoms with Crippen LogP contribution in [0.3, 0.4) is 0 Å². The minimum Gasteiger partial charge on any atom is -0.481 e. The van der Waals surface area contributed by atoms with E-state index in [0.717, 1.165) is 0 Å². The molecule has 0 unspecified atom stereocenters. The van der Waals surface area contributed by atoms with Gasteiger partial charge in [0.05, 0.1) is 17.7 Å². The Hall–Kier alpha value is -1.98. The van der Waals surface area contributed by atoms with Gasteiger partial charge in [0.1, 0.15) is 11.4 Å². The van der Waals surface area contributed by atoms with Crippen molar-refractivity contribution in [1.82, 2.24) is 0 Å². The van der Waals surface area contributed by atoms with E-state index in [4.69, 9.17) is 37.4 Å². The van der Waals surface area contributed by atoms with E-state index in [9.17, 15) is 9.59 Å². The quantitative estimate of drug-likeness (QED) is 0.717. The van der Waals surface area contributed by atoms with E-state index in [0.29, 0.717) is 20.8 Å². The van der Waals surface area contributed by atoms with Crippen molar-refractivity contribution in [3.05, 3.63) is 39.9 Å². The van der Waals surface area contributed by atoms with Gasteiger partial charge in [0.2, 0.25) is 0 Å². The van der Waals surface area contributed by atoms with Crippen LogP contribution in [-0.2, 0) is 14.3 Å². The van der Waals surface area contributed by atoms with Crippen molar-refractivity contribution in [1.29, 1.82) is 0 Å². The fourth-order valence-electron chi connectivity index (χ4n) is 2.25. The van der Waals surface area contributed by atoms with Gasteiger partial charge in [-0.3, -0.25) is 0 Å². The lowest BCUT2D eigenvalue weighted by atomic mass is 10.1. The number of fused-ring (bicyclic) bond motifs is 1. The molecular weight excluding hydrogens is 367 g/mol. The van der Waals surface area contributed by atoms with E-state index in [-0.39, 0.29) is 17.9 Å². The Morgan fingerprint density at radius 3 is 2.36 bits per heavy atom. The van der Waals surface area contributed by atoms with Gasteiger partial charge in [-0.15, -0.1) is 0 Å². The molecule has 0 aliphatic rings. The van der Waals surface area contributed by atoms with Crippen molar-refractivity contribution in [3.8, 4) is 5.75 Å². The Bertz CT molecular complexity index is 824. The molecule has 0 fully saturated rings. The molecule has 0 saturated carbocycles. The Kier molecular flexibility index (Phi) is 5.80. The summed E-state index contributed by atoms with van der Waals surface area (Å²) < 4.78 is 15.5. The monoisotopic (exact) mass is 384 g/mol. The first-order chi connectivity index (χ1) is 11.6. The third kappa shape index (κ3) is 5.00. The summed E-state index contributed by atoms with van der Waals surface area (Å²) in [7, 11) is 1.28. The lowest BCUT2D eigenvalue weighted by Crippen LogP contribution is -2.27. The smallest absolute Gasteiger partial charge is 0.344 e. The van der Waals surface area contributed by atoms with Gasteiger partial charge in [-0.05, 0) is 50.4 Å². The molecule has 0 aliphatic heterocycles. The van der Waals surface area contributed by atoms with Gasteiger partial charge in [-0.2, -0.15) is 0 Å². The van der Waals surface area contributed by atoms with Crippen LogP contribution in [0.5, 0.6) is 5.75 Å². The summed E-state index contributed by atoms with van der Waals surface area (Å²) in [5, 5.41) is 1.90. The van der Waals surface area contributed by atoms with Crippen LogP contribution >= 0.6 is 23.2 Å². The molecule has 0 heterocycles. The van der Waals surface area contributed by atoms with Crippen LogP contribution in [0.2, 0.25) is 10.0 Å². The molecule has 0 radical (unpaired) electrons. The van der Waals surface area contributed by atoms with Crippen LogP contribution in [0, 0.1) is 0 Å². The minimum atomic E-state index is -0.623. The maximum absolute atomic E-state index is 11.9. The molecule has 5 nitrogen and oxygen atoms in total. The van der Waals surface area contributed by atoms with Gasteiger partial charge in [-0.25, -0.2) is 9.59 Å². The van der Waals surface area contributed by atoms with Crippen LogP contribution in [0.15, 0.2) is 24.3 Å². The number of methoxy groups -OCH3 is 1. The summed E-state index contributed by atoms with van der Waals surface area (Å²) in [4.78, 5) is 23.8. The summed E-state index contributed by atoms with van der Waals surface area (Å²) in [5.41, 5.74) is -0.367. The number of hydrogen-bond acceptors (Lipinski definition) is 5. The number of esters is 2. The molecule has 0 spiro atoms. The number of hydrogen-bond donors (Lipinski definition) is 0. The first-order valence-corrected chi connectivity index (χ1v) is 8.22. The average molecular weight is 385 g/mol. The Morgan fingerprint density at radius 1 is 1.08 bits per heavy atom. The predicted molar refractivity (Wildman–Crippen MR) is 96.6 cm³/mol. The summed E-state index contributed by atoms with van der Waals surface area (Å²) in [5.74, 6) is -0.806. The van der Waals surface area contributed by atoms with E-state index in [2.05, 4.69) is 0 Å². The topological polar surface area (TPSA) is 61.8 Å². The van der Waals surface area contributed by atoms with Gasteiger partial charge in [0.25, 0.3) is 0 Å². The Morgan fingerprint density at radius 2 is 1.76 bits per heavy atom. The first-order valence-electron chi connectivity index (χ1n) is 7.46. The second-order valence-corrected chi connectivity index (χ2v) is 7.17. The van der Waals surface area contributed by atoms with E-state index in [1.54, 1.807) is 39.0 Å². The predicted octanol–water partition coefficient (Wildman–Crippen LogP) is 4.65. The van der Waals surface area contributed by atoms with Crippen molar-refractivity contribution < 1.29 is 23.8 Å². The SMILES string of the molecule is COC(=O)c1cc(OCC(=O)OC(C)(C)C)c2c(Cl)cc(Cl)cc2c1. The van der Waals surface area contributed by atoms with Crippen molar-refractivity contribution in [2.75, 3.05) is 13.7 Å². The van der Waals surface area contributed by atoms with Crippen LogP contribution in [0.4, 0.5) is 0 Å². The lowest BCUT2D eigenvalue weighted by molar-refractivity contribution is -0.157. The van der Waals surface area contributed by atoms with Gasteiger partial charge in [-0.1, -0.05) is 23.2 Å². The molecule has 2 aromatic rings. The largest absolute Gasteiger partial charge is 0.481 e. The van der Waals surface area contributed by atoms with E-state index >= 15 is 0 Å². The molecule has 0 N–H and O–H groups in total. The Labute approximate surface area is 155 Å². The summed E-state index contributed by atoms with van der Waals surface area (Å²) in [6.45, 7) is 4.96. The van der Waals surface area contributed by atoms with Gasteiger partial charge < -0.3 is 14.2 Å². The number of carbonyl (C=O) groups excluding carboxylic acids is 2. The summed E-state index contributed by atoms with van der Waals surface area (Å²) in [6.07, 6.45) is 0. The molecule has 0 atom stereocenters. The molecule has 134 valence electrons. The maximum Gasteiger partial charge on any atom is 0.344 e. The fourth-order valence-corrected chi connectivity index (χ4v) is 2.85. The molecule has 25 heavy (non-hydrogen) atoms. The van der Waals surface area contributed by atoms with Crippen molar-refractivity contribution >= 4 is 45.9 Å². The molecular formula is C18H18Cl2O5. The highest BCUT2D eigenvalue weighted by atomic mass is 35.5. The van der Waals surface area contributed by atoms with Crippen molar-refractivity contribution in [3.63, 3.8) is 0 Å². The zero-order valence-electron chi connectivity index (χ0n) is 14.3. The first kappa shape index (κ1) is 19.3. The normalized spacial score (nSPS) is 11.3. The summed E-state index contributed by atoms with van der Waals surface area (Å²) >= 11 is 12.3. The third-order valence-electron chi connectivity index (χ3n) is 3.12. The molecule has 0 saturated heterocycles. The maximum atomic E-state index is 11.9. The molecule has 0 amide bonds. The molecule has 7 heteroatoms. The number of ether oxygens (including phenoxy) is 3. The average Bonchev–Trinajstić information content (AvgIpc) is 2.49. The van der Waals surface area contributed by atoms with Gasteiger partial charge in [0, 0.05) is 10.4 Å². The molecule has 0 bridgehead atoms. The minimum absolute atomic E-state index is 0.257. The molecule has 0 aliphatic carbocycles.